The lowest BCUT2D eigenvalue weighted by atomic mass is 9.79. The van der Waals surface area contributed by atoms with Gasteiger partial charge in [0.15, 0.2) is 17.3 Å². The maximum atomic E-state index is 13.9. The normalized spacial score (nSPS) is 21.5. The zero-order valence-electron chi connectivity index (χ0n) is 23.2. The van der Waals surface area contributed by atoms with Gasteiger partial charge in [0, 0.05) is 41.8 Å². The Labute approximate surface area is 235 Å². The Morgan fingerprint density at radius 3 is 2.52 bits per heavy atom. The summed E-state index contributed by atoms with van der Waals surface area (Å²) in [6.45, 7) is 0.671. The first-order valence-corrected chi connectivity index (χ1v) is 14.8. The van der Waals surface area contributed by atoms with E-state index in [2.05, 4.69) is 11.1 Å². The van der Waals surface area contributed by atoms with Gasteiger partial charge in [-0.15, -0.1) is 0 Å². The first-order chi connectivity index (χ1) is 19.6. The fourth-order valence-corrected chi connectivity index (χ4v) is 6.36. The van der Waals surface area contributed by atoms with Gasteiger partial charge in [-0.1, -0.05) is 19.3 Å². The highest BCUT2D eigenvalue weighted by Gasteiger charge is 2.32. The van der Waals surface area contributed by atoms with Gasteiger partial charge in [0.1, 0.15) is 23.8 Å². The lowest BCUT2D eigenvalue weighted by molar-refractivity contribution is -0.123. The molecular formula is C32H37N5O3. The molecule has 0 saturated heterocycles. The van der Waals surface area contributed by atoms with E-state index >= 15 is 0 Å². The zero-order chi connectivity index (χ0) is 27.5. The molecule has 3 aliphatic carbocycles. The number of nitrogens with zero attached hydrogens (tertiary/aromatic N) is 5. The summed E-state index contributed by atoms with van der Waals surface area (Å²) in [5.41, 5.74) is 3.04. The number of anilines is 1. The maximum absolute atomic E-state index is 13.9. The van der Waals surface area contributed by atoms with Crippen molar-refractivity contribution in [2.75, 3.05) is 18.6 Å². The van der Waals surface area contributed by atoms with Crippen molar-refractivity contribution in [3.05, 3.63) is 54.0 Å². The summed E-state index contributed by atoms with van der Waals surface area (Å²) in [5, 5.41) is 9.46. The number of hydrogen-bond donors (Lipinski definition) is 0. The number of pyridine rings is 2. The van der Waals surface area contributed by atoms with Crippen molar-refractivity contribution in [2.45, 2.75) is 82.5 Å². The highest BCUT2D eigenvalue weighted by Crippen LogP contribution is 2.41. The third kappa shape index (κ3) is 5.74. The van der Waals surface area contributed by atoms with Crippen LogP contribution >= 0.6 is 0 Å². The smallest absolute Gasteiger partial charge is 0.231 e. The monoisotopic (exact) mass is 539 g/mol. The summed E-state index contributed by atoms with van der Waals surface area (Å²) in [7, 11) is 1.56. The largest absolute Gasteiger partial charge is 0.494 e. The topological polar surface area (TPSA) is 105 Å². The van der Waals surface area contributed by atoms with E-state index in [1.54, 1.807) is 19.6 Å². The van der Waals surface area contributed by atoms with Crippen molar-refractivity contribution in [3.63, 3.8) is 0 Å². The van der Waals surface area contributed by atoms with Gasteiger partial charge in [0.2, 0.25) is 5.91 Å². The number of aromatic nitrogens is 3. The summed E-state index contributed by atoms with van der Waals surface area (Å²) in [4.78, 5) is 29.9. The quantitative estimate of drug-likeness (QED) is 0.311. The van der Waals surface area contributed by atoms with Gasteiger partial charge in [-0.3, -0.25) is 9.69 Å². The summed E-state index contributed by atoms with van der Waals surface area (Å²) in [6, 6.07) is 9.93. The second-order valence-corrected chi connectivity index (χ2v) is 11.6. The van der Waals surface area contributed by atoms with E-state index in [4.69, 9.17) is 19.1 Å². The van der Waals surface area contributed by atoms with Crippen LogP contribution < -0.4 is 9.64 Å². The predicted octanol–water partition coefficient (Wildman–Crippen LogP) is 6.78. The average molecular weight is 540 g/mol. The van der Waals surface area contributed by atoms with Crippen LogP contribution in [0.4, 0.5) is 5.82 Å². The number of nitriles is 1. The fraction of sp³-hybridized carbons (Fsp3) is 0.531. The molecule has 6 rings (SSSR count). The van der Waals surface area contributed by atoms with E-state index < -0.39 is 0 Å². The van der Waals surface area contributed by atoms with E-state index in [1.807, 2.05) is 29.2 Å². The molecular weight excluding hydrogens is 502 g/mol. The van der Waals surface area contributed by atoms with Gasteiger partial charge in [0.05, 0.1) is 7.11 Å². The van der Waals surface area contributed by atoms with E-state index in [0.717, 1.165) is 87.1 Å². The summed E-state index contributed by atoms with van der Waals surface area (Å²) in [6.07, 6.45) is 15.1. The molecule has 3 saturated carbocycles. The lowest BCUT2D eigenvalue weighted by Gasteiger charge is -2.34. The van der Waals surface area contributed by atoms with Gasteiger partial charge in [0.25, 0.3) is 0 Å². The van der Waals surface area contributed by atoms with Crippen molar-refractivity contribution >= 4 is 11.7 Å². The highest BCUT2D eigenvalue weighted by molar-refractivity contribution is 5.94. The molecule has 40 heavy (non-hydrogen) atoms. The molecule has 0 bridgehead atoms. The fourth-order valence-electron chi connectivity index (χ4n) is 6.36. The molecule has 8 heteroatoms. The molecule has 0 atom stereocenters. The molecule has 0 aliphatic heterocycles. The highest BCUT2D eigenvalue weighted by atomic mass is 16.5. The van der Waals surface area contributed by atoms with Crippen molar-refractivity contribution in [1.29, 1.82) is 5.26 Å². The molecule has 3 aromatic heterocycles. The Morgan fingerprint density at radius 2 is 1.80 bits per heavy atom. The minimum absolute atomic E-state index is 0.0666. The molecule has 208 valence electrons. The second kappa shape index (κ2) is 11.8. The molecule has 0 aromatic carbocycles. The molecule has 0 unspecified atom stereocenters. The van der Waals surface area contributed by atoms with Gasteiger partial charge >= 0.3 is 0 Å². The maximum Gasteiger partial charge on any atom is 0.231 e. The Kier molecular flexibility index (Phi) is 7.81. The molecule has 3 aliphatic rings. The van der Waals surface area contributed by atoms with Gasteiger partial charge in [-0.05, 0) is 81.5 Å². The molecule has 0 spiro atoms. The van der Waals surface area contributed by atoms with Crippen molar-refractivity contribution in [2.24, 2.45) is 11.8 Å². The van der Waals surface area contributed by atoms with Crippen LogP contribution in [0, 0.1) is 23.2 Å². The van der Waals surface area contributed by atoms with Crippen LogP contribution in [0.2, 0.25) is 0 Å². The Morgan fingerprint density at radius 1 is 1.02 bits per heavy atom. The number of carbonyl (C=O) groups excluding carboxylic acids is 1. The number of hydrogen-bond acceptors (Lipinski definition) is 7. The molecule has 0 N–H and O–H groups in total. The van der Waals surface area contributed by atoms with Gasteiger partial charge < -0.3 is 9.15 Å². The van der Waals surface area contributed by atoms with E-state index in [-0.39, 0.29) is 11.8 Å². The van der Waals surface area contributed by atoms with Gasteiger partial charge in [-0.2, -0.15) is 5.26 Å². The Balaban J connectivity index is 1.19. The Bertz CT molecular complexity index is 1380. The SMILES string of the molecule is COc1ccc(C2CCC(CN(C(=O)C3CCCCC3)c3cc(-c4coc(C5CC5)n4)ccn3)CC2)nc1C#N. The van der Waals surface area contributed by atoms with E-state index in [9.17, 15) is 10.1 Å². The predicted molar refractivity (Wildman–Crippen MR) is 151 cm³/mol. The standard InChI is InChI=1S/C32H37N5O3/c1-39-29-14-13-26(35-27(29)18-33)22-9-7-21(8-10-22)19-37(32(38)24-5-3-2-4-6-24)30-17-25(15-16-34-30)28-20-40-31(36-28)23-11-12-23/h13-17,20-24H,2-12,19H2,1H3. The van der Waals surface area contributed by atoms with Crippen molar-refractivity contribution in [1.82, 2.24) is 15.0 Å². The number of rotatable bonds is 8. The Hall–Kier alpha value is -3.73. The first-order valence-electron chi connectivity index (χ1n) is 14.8. The molecule has 0 radical (unpaired) electrons. The van der Waals surface area contributed by atoms with Crippen molar-refractivity contribution < 1.29 is 13.9 Å². The minimum atomic E-state index is 0.0666. The number of methoxy groups -OCH3 is 1. The average Bonchev–Trinajstić information content (AvgIpc) is 3.75. The van der Waals surface area contributed by atoms with Crippen LogP contribution in [0.1, 0.15) is 99.7 Å². The lowest BCUT2D eigenvalue weighted by Crippen LogP contribution is -2.41. The summed E-state index contributed by atoms with van der Waals surface area (Å²) >= 11 is 0. The van der Waals surface area contributed by atoms with E-state index in [0.29, 0.717) is 41.6 Å². The third-order valence-corrected chi connectivity index (χ3v) is 8.90. The molecule has 8 nitrogen and oxygen atoms in total. The molecule has 3 fully saturated rings. The zero-order valence-corrected chi connectivity index (χ0v) is 23.2. The van der Waals surface area contributed by atoms with Crippen LogP contribution in [-0.2, 0) is 4.79 Å². The summed E-state index contributed by atoms with van der Waals surface area (Å²) in [5.74, 6) is 3.46. The van der Waals surface area contributed by atoms with Crippen LogP contribution in [0.25, 0.3) is 11.3 Å². The van der Waals surface area contributed by atoms with Gasteiger partial charge in [-0.25, -0.2) is 15.0 Å². The third-order valence-electron chi connectivity index (χ3n) is 8.90. The van der Waals surface area contributed by atoms with Crippen molar-refractivity contribution in [3.8, 4) is 23.1 Å². The number of oxazole rings is 1. The number of carbonyl (C=O) groups is 1. The second-order valence-electron chi connectivity index (χ2n) is 11.6. The molecule has 3 heterocycles. The first kappa shape index (κ1) is 26.5. The molecule has 3 aromatic rings. The van der Waals surface area contributed by atoms with E-state index in [1.165, 1.54) is 6.42 Å². The number of ether oxygens (including phenoxy) is 1. The van der Waals surface area contributed by atoms with Crippen LogP contribution in [0.3, 0.4) is 0 Å². The summed E-state index contributed by atoms with van der Waals surface area (Å²) < 4.78 is 11.0. The number of amides is 1. The minimum Gasteiger partial charge on any atom is -0.494 e. The molecule has 1 amide bonds. The van der Waals surface area contributed by atoms with Crippen LogP contribution in [0.5, 0.6) is 5.75 Å². The van der Waals surface area contributed by atoms with Crippen LogP contribution in [0.15, 0.2) is 41.1 Å². The van der Waals surface area contributed by atoms with Crippen LogP contribution in [-0.4, -0.2) is 34.5 Å².